The summed E-state index contributed by atoms with van der Waals surface area (Å²) in [5.74, 6) is 1.50. The third-order valence-corrected chi connectivity index (χ3v) is 8.02. The van der Waals surface area contributed by atoms with E-state index in [4.69, 9.17) is 4.98 Å². The monoisotopic (exact) mass is 389 g/mol. The van der Waals surface area contributed by atoms with Gasteiger partial charge in [-0.2, -0.15) is 0 Å². The van der Waals surface area contributed by atoms with Crippen LogP contribution in [0.5, 0.6) is 0 Å². The van der Waals surface area contributed by atoms with Gasteiger partial charge in [-0.25, -0.2) is 4.98 Å². The maximum absolute atomic E-state index is 13.2. The van der Waals surface area contributed by atoms with Crippen LogP contribution in [0.1, 0.15) is 92.5 Å². The van der Waals surface area contributed by atoms with Crippen molar-refractivity contribution in [2.45, 2.75) is 83.1 Å². The fraction of sp³-hybridized carbons (Fsp3) is 0.818. The molecule has 150 valence electrons. The van der Waals surface area contributed by atoms with E-state index < -0.39 is 0 Å². The van der Waals surface area contributed by atoms with Crippen LogP contribution in [0.4, 0.5) is 0 Å². The predicted molar refractivity (Wildman–Crippen MR) is 111 cm³/mol. The number of rotatable bonds is 5. The Morgan fingerprint density at radius 3 is 2.70 bits per heavy atom. The van der Waals surface area contributed by atoms with Crippen LogP contribution in [0.2, 0.25) is 0 Å². The minimum Gasteiger partial charge on any atom is -0.334 e. The summed E-state index contributed by atoms with van der Waals surface area (Å²) >= 11 is 1.72. The summed E-state index contributed by atoms with van der Waals surface area (Å²) in [6.07, 6.45) is 12.6. The van der Waals surface area contributed by atoms with Gasteiger partial charge in [0.05, 0.1) is 5.01 Å². The number of aromatic nitrogens is 1. The molecule has 2 atom stereocenters. The quantitative estimate of drug-likeness (QED) is 0.717. The number of nitrogens with zero attached hydrogens (tertiary/aromatic N) is 3. The average Bonchev–Trinajstić information content (AvgIpc) is 3.22. The van der Waals surface area contributed by atoms with E-state index in [0.29, 0.717) is 12.0 Å². The van der Waals surface area contributed by atoms with Crippen LogP contribution in [-0.2, 0) is 0 Å². The molecule has 1 aliphatic carbocycles. The topological polar surface area (TPSA) is 36.4 Å². The summed E-state index contributed by atoms with van der Waals surface area (Å²) in [4.78, 5) is 22.8. The van der Waals surface area contributed by atoms with Crippen molar-refractivity contribution in [3.63, 3.8) is 0 Å². The highest BCUT2D eigenvalue weighted by Crippen LogP contribution is 2.36. The van der Waals surface area contributed by atoms with Gasteiger partial charge < -0.3 is 9.80 Å². The number of fused-ring (bicyclic) bond motifs is 1. The van der Waals surface area contributed by atoms with Gasteiger partial charge in [0.25, 0.3) is 5.91 Å². The molecule has 1 aromatic heterocycles. The van der Waals surface area contributed by atoms with E-state index in [1.807, 2.05) is 5.38 Å². The van der Waals surface area contributed by atoms with E-state index in [1.54, 1.807) is 11.3 Å². The zero-order valence-corrected chi connectivity index (χ0v) is 17.7. The van der Waals surface area contributed by atoms with Crippen LogP contribution in [0.15, 0.2) is 5.38 Å². The van der Waals surface area contributed by atoms with Gasteiger partial charge in [0.15, 0.2) is 0 Å². The van der Waals surface area contributed by atoms with Crippen molar-refractivity contribution in [2.24, 2.45) is 5.92 Å². The molecule has 0 aromatic carbocycles. The molecule has 4 nitrogen and oxygen atoms in total. The molecule has 4 rings (SSSR count). The fourth-order valence-electron chi connectivity index (χ4n) is 5.38. The normalized spacial score (nSPS) is 27.5. The number of amides is 1. The van der Waals surface area contributed by atoms with Crippen molar-refractivity contribution in [1.29, 1.82) is 0 Å². The van der Waals surface area contributed by atoms with Gasteiger partial charge in [-0.1, -0.05) is 26.2 Å². The Bertz CT molecular complexity index is 621. The first-order valence-electron chi connectivity index (χ1n) is 11.2. The molecule has 3 fully saturated rings. The highest BCUT2D eigenvalue weighted by molar-refractivity contribution is 7.09. The number of piperidine rings is 2. The van der Waals surface area contributed by atoms with Crippen LogP contribution in [0.3, 0.4) is 0 Å². The summed E-state index contributed by atoms with van der Waals surface area (Å²) in [7, 11) is 0. The molecule has 0 N–H and O–H groups in total. The fourth-order valence-corrected chi connectivity index (χ4v) is 6.35. The van der Waals surface area contributed by atoms with Gasteiger partial charge in [-0.3, -0.25) is 4.79 Å². The van der Waals surface area contributed by atoms with Gasteiger partial charge in [0, 0.05) is 23.9 Å². The van der Waals surface area contributed by atoms with Crippen molar-refractivity contribution in [1.82, 2.24) is 14.8 Å². The van der Waals surface area contributed by atoms with E-state index in [0.717, 1.165) is 18.2 Å². The first kappa shape index (κ1) is 19.4. The Morgan fingerprint density at radius 1 is 1.11 bits per heavy atom. The number of thiazole rings is 1. The van der Waals surface area contributed by atoms with Crippen molar-refractivity contribution < 1.29 is 4.79 Å². The molecule has 0 spiro atoms. The third kappa shape index (κ3) is 4.40. The Hall–Kier alpha value is -0.940. The molecule has 0 radical (unpaired) electrons. The van der Waals surface area contributed by atoms with Gasteiger partial charge in [-0.15, -0.1) is 11.3 Å². The molecule has 1 aromatic rings. The van der Waals surface area contributed by atoms with Crippen LogP contribution < -0.4 is 0 Å². The number of hydrogen-bond donors (Lipinski definition) is 0. The van der Waals surface area contributed by atoms with Crippen LogP contribution in [0, 0.1) is 5.92 Å². The number of carbonyl (C=O) groups is 1. The van der Waals surface area contributed by atoms with Gasteiger partial charge >= 0.3 is 0 Å². The summed E-state index contributed by atoms with van der Waals surface area (Å²) in [5.41, 5.74) is 0.717. The van der Waals surface area contributed by atoms with Crippen molar-refractivity contribution in [3.05, 3.63) is 16.1 Å². The molecule has 3 heterocycles. The minimum absolute atomic E-state index is 0.203. The van der Waals surface area contributed by atoms with Crippen LogP contribution in [0.25, 0.3) is 0 Å². The smallest absolute Gasteiger partial charge is 0.273 e. The second-order valence-corrected chi connectivity index (χ2v) is 9.68. The minimum atomic E-state index is 0.203. The van der Waals surface area contributed by atoms with E-state index in [-0.39, 0.29) is 5.91 Å². The molecule has 3 aliphatic rings. The lowest BCUT2D eigenvalue weighted by Crippen LogP contribution is -2.49. The number of unbranched alkanes of at least 4 members (excludes halogenated alkanes) is 1. The van der Waals surface area contributed by atoms with Crippen molar-refractivity contribution >= 4 is 17.2 Å². The Kier molecular flexibility index (Phi) is 6.49. The number of carbonyl (C=O) groups excluding carboxylic acids is 1. The molecule has 2 aliphatic heterocycles. The number of hydrogen-bond acceptors (Lipinski definition) is 4. The predicted octanol–water partition coefficient (Wildman–Crippen LogP) is 4.92. The zero-order valence-electron chi connectivity index (χ0n) is 16.9. The van der Waals surface area contributed by atoms with E-state index >= 15 is 0 Å². The molecule has 1 amide bonds. The van der Waals surface area contributed by atoms with Crippen molar-refractivity contribution in [3.8, 4) is 0 Å². The molecule has 5 heteroatoms. The average molecular weight is 390 g/mol. The lowest BCUT2D eigenvalue weighted by molar-refractivity contribution is 0.0385. The molecule has 27 heavy (non-hydrogen) atoms. The van der Waals surface area contributed by atoms with E-state index in [2.05, 4.69) is 16.7 Å². The second kappa shape index (κ2) is 9.04. The second-order valence-electron chi connectivity index (χ2n) is 8.79. The first-order valence-corrected chi connectivity index (χ1v) is 12.1. The van der Waals surface area contributed by atoms with Crippen molar-refractivity contribution in [2.75, 3.05) is 26.2 Å². The first-order chi connectivity index (χ1) is 13.3. The molecule has 2 unspecified atom stereocenters. The van der Waals surface area contributed by atoms with E-state index in [9.17, 15) is 4.79 Å². The maximum atomic E-state index is 13.2. The summed E-state index contributed by atoms with van der Waals surface area (Å²) < 4.78 is 0. The summed E-state index contributed by atoms with van der Waals surface area (Å²) in [6.45, 7) is 6.80. The maximum Gasteiger partial charge on any atom is 0.273 e. The lowest BCUT2D eigenvalue weighted by atomic mass is 9.78. The summed E-state index contributed by atoms with van der Waals surface area (Å²) in [5, 5.41) is 3.23. The molecular formula is C22H35N3OS. The lowest BCUT2D eigenvalue weighted by Gasteiger charge is -2.43. The molecule has 2 saturated heterocycles. The third-order valence-electron chi connectivity index (χ3n) is 7.01. The van der Waals surface area contributed by atoms with Crippen LogP contribution in [-0.4, -0.2) is 52.9 Å². The standard InChI is InChI=1S/C22H35N3OS/c1-2-3-12-24-14-10-18(11-15-24)21-23-19(16-27-21)22(26)25-13-6-8-17-7-4-5-9-20(17)25/h16-18,20H,2-15H2,1H3. The Balaban J connectivity index is 1.37. The van der Waals surface area contributed by atoms with Gasteiger partial charge in [-0.05, 0) is 70.5 Å². The zero-order chi connectivity index (χ0) is 18.6. The van der Waals surface area contributed by atoms with E-state index in [1.165, 1.54) is 88.9 Å². The van der Waals surface area contributed by atoms with Gasteiger partial charge in [0.1, 0.15) is 5.69 Å². The molecule has 1 saturated carbocycles. The number of likely N-dealkylation sites (tertiary alicyclic amines) is 2. The molecular weight excluding hydrogens is 354 g/mol. The Morgan fingerprint density at radius 2 is 1.89 bits per heavy atom. The Labute approximate surface area is 168 Å². The highest BCUT2D eigenvalue weighted by Gasteiger charge is 2.36. The highest BCUT2D eigenvalue weighted by atomic mass is 32.1. The van der Waals surface area contributed by atoms with Crippen LogP contribution >= 0.6 is 11.3 Å². The summed E-state index contributed by atoms with van der Waals surface area (Å²) in [6, 6.07) is 0.479. The van der Waals surface area contributed by atoms with Gasteiger partial charge in [0.2, 0.25) is 0 Å². The largest absolute Gasteiger partial charge is 0.334 e. The SMILES string of the molecule is CCCCN1CCC(c2nc(C(=O)N3CCCC4CCCCC43)cs2)CC1. The molecule has 0 bridgehead atoms.